The second kappa shape index (κ2) is 9.24. The van der Waals surface area contributed by atoms with Gasteiger partial charge in [-0.2, -0.15) is 26.3 Å². The molecule has 3 aromatic rings. The van der Waals surface area contributed by atoms with Crippen LogP contribution in [-0.2, 0) is 21.4 Å². The third kappa shape index (κ3) is 4.86. The van der Waals surface area contributed by atoms with Gasteiger partial charge in [0, 0.05) is 11.8 Å². The van der Waals surface area contributed by atoms with Gasteiger partial charge in [-0.1, -0.05) is 48.5 Å². The zero-order valence-corrected chi connectivity index (χ0v) is 19.3. The van der Waals surface area contributed by atoms with E-state index in [4.69, 9.17) is 0 Å². The summed E-state index contributed by atoms with van der Waals surface area (Å²) in [5, 5.41) is 0. The first-order valence-corrected chi connectivity index (χ1v) is 11.1. The Morgan fingerprint density at radius 2 is 1.41 bits per heavy atom. The van der Waals surface area contributed by atoms with E-state index in [1.54, 1.807) is 37.3 Å². The zero-order valence-electron chi connectivity index (χ0n) is 19.3. The molecule has 196 valence electrons. The average molecular weight is 528 g/mol. The van der Waals surface area contributed by atoms with Crippen molar-refractivity contribution in [1.29, 1.82) is 0 Å². The summed E-state index contributed by atoms with van der Waals surface area (Å²) in [6.07, 6.45) is -15.6. The molecule has 0 aliphatic carbocycles. The van der Waals surface area contributed by atoms with Crippen molar-refractivity contribution in [3.05, 3.63) is 107 Å². The third-order valence-corrected chi connectivity index (χ3v) is 6.57. The van der Waals surface area contributed by atoms with Crippen molar-refractivity contribution in [2.45, 2.75) is 49.2 Å². The Bertz CT molecular complexity index is 1250. The summed E-state index contributed by atoms with van der Waals surface area (Å²) >= 11 is 0. The van der Waals surface area contributed by atoms with Crippen LogP contribution in [0.3, 0.4) is 0 Å². The van der Waals surface area contributed by atoms with Gasteiger partial charge in [0.1, 0.15) is 11.6 Å². The fourth-order valence-corrected chi connectivity index (χ4v) is 4.79. The van der Waals surface area contributed by atoms with Gasteiger partial charge in [-0.05, 0) is 59.9 Å². The number of alkyl halides is 6. The maximum Gasteiger partial charge on any atom is 0.429 e. The van der Waals surface area contributed by atoms with Crippen LogP contribution in [0.15, 0.2) is 72.8 Å². The van der Waals surface area contributed by atoms with E-state index in [1.165, 1.54) is 24.3 Å². The summed E-state index contributed by atoms with van der Waals surface area (Å²) in [4.78, 5) is 13.2. The van der Waals surface area contributed by atoms with E-state index in [-0.39, 0.29) is 17.5 Å². The van der Waals surface area contributed by atoms with Crippen LogP contribution in [0.4, 0.5) is 35.1 Å². The van der Waals surface area contributed by atoms with Gasteiger partial charge in [0.15, 0.2) is 11.9 Å². The summed E-state index contributed by atoms with van der Waals surface area (Å²) in [5.41, 5.74) is -4.94. The Hall–Kier alpha value is -3.27. The number of ketones is 1. The number of epoxide rings is 1. The second-order valence-electron chi connectivity index (χ2n) is 9.14. The van der Waals surface area contributed by atoms with Gasteiger partial charge < -0.3 is 4.74 Å². The van der Waals surface area contributed by atoms with Gasteiger partial charge in [-0.15, -0.1) is 0 Å². The van der Waals surface area contributed by atoms with E-state index >= 15 is 0 Å². The lowest BCUT2D eigenvalue weighted by Crippen LogP contribution is -2.50. The molecular formula is C27H20F8O2. The smallest absolute Gasteiger partial charge is 0.340 e. The third-order valence-electron chi connectivity index (χ3n) is 6.57. The van der Waals surface area contributed by atoms with Crippen LogP contribution in [0, 0.1) is 18.6 Å². The molecule has 0 bridgehead atoms. The van der Waals surface area contributed by atoms with Crippen molar-refractivity contribution in [2.75, 3.05) is 0 Å². The number of hydrogen-bond acceptors (Lipinski definition) is 2. The number of carbonyl (C=O) groups is 1. The molecule has 0 radical (unpaired) electrons. The molecule has 0 unspecified atom stereocenters. The molecule has 0 amide bonds. The van der Waals surface area contributed by atoms with Crippen molar-refractivity contribution in [2.24, 2.45) is 0 Å². The minimum Gasteiger partial charge on any atom is -0.340 e. The number of Topliss-reactive ketones (excluding diaryl/α,β-unsaturated/α-hetero) is 1. The fourth-order valence-electron chi connectivity index (χ4n) is 4.79. The van der Waals surface area contributed by atoms with Crippen LogP contribution in [0.25, 0.3) is 0 Å². The van der Waals surface area contributed by atoms with Gasteiger partial charge in [0.2, 0.25) is 0 Å². The molecular weight excluding hydrogens is 508 g/mol. The average Bonchev–Trinajstić information content (AvgIpc) is 3.57. The lowest BCUT2D eigenvalue weighted by molar-refractivity contribution is -0.292. The maximum atomic E-state index is 14.6. The first kappa shape index (κ1) is 26.8. The van der Waals surface area contributed by atoms with Gasteiger partial charge in [-0.25, -0.2) is 8.78 Å². The Kier molecular flexibility index (Phi) is 6.69. The van der Waals surface area contributed by atoms with Gasteiger partial charge >= 0.3 is 12.4 Å². The van der Waals surface area contributed by atoms with Crippen molar-refractivity contribution < 1.29 is 44.7 Å². The van der Waals surface area contributed by atoms with E-state index in [2.05, 4.69) is 4.74 Å². The summed E-state index contributed by atoms with van der Waals surface area (Å²) in [6, 6.07) is 16.7. The number of halogens is 8. The van der Waals surface area contributed by atoms with Crippen molar-refractivity contribution in [3.63, 3.8) is 0 Å². The predicted octanol–water partition coefficient (Wildman–Crippen LogP) is 7.02. The number of hydrogen-bond donors (Lipinski definition) is 0. The van der Waals surface area contributed by atoms with Crippen molar-refractivity contribution >= 4 is 5.78 Å². The van der Waals surface area contributed by atoms with Crippen LogP contribution in [-0.4, -0.2) is 29.8 Å². The largest absolute Gasteiger partial charge is 0.429 e. The van der Waals surface area contributed by atoms with E-state index in [9.17, 15) is 39.9 Å². The molecule has 1 heterocycles. The lowest BCUT2D eigenvalue weighted by atomic mass is 9.66. The summed E-state index contributed by atoms with van der Waals surface area (Å²) < 4.78 is 113. The van der Waals surface area contributed by atoms with Crippen LogP contribution >= 0.6 is 0 Å². The molecule has 1 aliphatic rings. The number of benzene rings is 3. The first-order valence-electron chi connectivity index (χ1n) is 11.1. The van der Waals surface area contributed by atoms with Crippen LogP contribution in [0.5, 0.6) is 0 Å². The first-order chi connectivity index (χ1) is 17.2. The topological polar surface area (TPSA) is 29.6 Å². The van der Waals surface area contributed by atoms with Crippen molar-refractivity contribution in [3.8, 4) is 0 Å². The highest BCUT2D eigenvalue weighted by molar-refractivity contribution is 5.89. The molecule has 1 fully saturated rings. The summed E-state index contributed by atoms with van der Waals surface area (Å²) in [6.45, 7) is 1.55. The monoisotopic (exact) mass is 528 g/mol. The molecule has 1 aliphatic heterocycles. The fraction of sp³-hybridized carbons (Fsp3) is 0.296. The quantitative estimate of drug-likeness (QED) is 0.244. The highest BCUT2D eigenvalue weighted by atomic mass is 19.4. The van der Waals surface area contributed by atoms with E-state index in [0.29, 0.717) is 11.1 Å². The van der Waals surface area contributed by atoms with E-state index in [1.807, 2.05) is 0 Å². The number of carbonyl (C=O) groups excluding carboxylic acids is 1. The minimum atomic E-state index is -5.89. The molecule has 37 heavy (non-hydrogen) atoms. The normalized spacial score (nSPS) is 18.8. The van der Waals surface area contributed by atoms with Crippen LogP contribution in [0.1, 0.15) is 28.7 Å². The lowest BCUT2D eigenvalue weighted by Gasteiger charge is -2.35. The minimum absolute atomic E-state index is 0.105. The van der Waals surface area contributed by atoms with E-state index < -0.39 is 53.3 Å². The SMILES string of the molecule is Cc1cc(F)cc([C@@](CC(=O)[C@H]2OC2(C(F)(F)F)C(F)(F)F)(Cc2ccccc2)c2ccc(F)cc2)c1. The number of aryl methyl sites for hydroxylation is 1. The highest BCUT2D eigenvalue weighted by Crippen LogP contribution is 2.60. The standard InChI is InChI=1S/C27H20F8O2/c1-16-11-19(13-21(29)12-16)24(14-17-5-3-2-4-6-17,18-7-9-20(28)10-8-18)15-22(36)23-25(37-23,26(30,31)32)27(33,34)35/h2-13,23H,14-15H2,1H3/t23-,24-/m1/s1. The predicted molar refractivity (Wildman–Crippen MR) is 118 cm³/mol. The number of ether oxygens (including phenoxy) is 1. The Morgan fingerprint density at radius 3 is 1.92 bits per heavy atom. The molecule has 2 atom stereocenters. The Labute approximate surface area is 206 Å². The van der Waals surface area contributed by atoms with Gasteiger partial charge in [-0.3, -0.25) is 4.79 Å². The molecule has 0 saturated carbocycles. The molecule has 0 N–H and O–H groups in total. The van der Waals surface area contributed by atoms with Crippen LogP contribution < -0.4 is 0 Å². The molecule has 3 aromatic carbocycles. The number of rotatable bonds is 7. The highest BCUT2D eigenvalue weighted by Gasteiger charge is 2.88. The molecule has 2 nitrogen and oxygen atoms in total. The Balaban J connectivity index is 1.89. The molecule has 4 rings (SSSR count). The molecule has 0 aromatic heterocycles. The maximum absolute atomic E-state index is 14.6. The van der Waals surface area contributed by atoms with Gasteiger partial charge in [0.25, 0.3) is 5.60 Å². The van der Waals surface area contributed by atoms with E-state index in [0.717, 1.165) is 18.2 Å². The summed E-state index contributed by atoms with van der Waals surface area (Å²) in [5.74, 6) is -2.83. The molecule has 1 saturated heterocycles. The van der Waals surface area contributed by atoms with Gasteiger partial charge in [0.05, 0.1) is 0 Å². The summed E-state index contributed by atoms with van der Waals surface area (Å²) in [7, 11) is 0. The van der Waals surface area contributed by atoms with Crippen molar-refractivity contribution in [1.82, 2.24) is 0 Å². The molecule has 0 spiro atoms. The molecule has 10 heteroatoms. The van der Waals surface area contributed by atoms with Crippen LogP contribution in [0.2, 0.25) is 0 Å². The Morgan fingerprint density at radius 1 is 0.811 bits per heavy atom. The zero-order chi connectivity index (χ0) is 27.2. The second-order valence-corrected chi connectivity index (χ2v) is 9.14.